The van der Waals surface area contributed by atoms with Gasteiger partial charge in [0.25, 0.3) is 5.69 Å². The molecule has 0 amide bonds. The predicted octanol–water partition coefficient (Wildman–Crippen LogP) is 2.01. The molecule has 1 aromatic rings. The molecule has 1 aromatic carbocycles. The molecule has 0 N–H and O–H groups in total. The van der Waals surface area contributed by atoms with E-state index in [9.17, 15) is 14.9 Å². The highest BCUT2D eigenvalue weighted by molar-refractivity contribution is 5.64. The Hall–Kier alpha value is -2.19. The molecule has 1 aliphatic carbocycles. The third kappa shape index (κ3) is 3.11. The smallest absolute Gasteiger partial charge is 0.430 e. The first-order valence-electron chi connectivity index (χ1n) is 6.48. The van der Waals surface area contributed by atoms with Gasteiger partial charge in [-0.2, -0.15) is 0 Å². The highest BCUT2D eigenvalue weighted by atomic mass is 16.7. The van der Waals surface area contributed by atoms with Crippen molar-refractivity contribution >= 4 is 11.8 Å². The Bertz CT molecular complexity index is 532. The van der Waals surface area contributed by atoms with Gasteiger partial charge in [0.1, 0.15) is 18.6 Å². The molecule has 8 nitrogen and oxygen atoms in total. The van der Waals surface area contributed by atoms with Crippen LogP contribution in [0.1, 0.15) is 12.8 Å². The van der Waals surface area contributed by atoms with E-state index in [2.05, 4.69) is 0 Å². The molecule has 0 spiro atoms. The average Bonchev–Trinajstić information content (AvgIpc) is 3.00. The summed E-state index contributed by atoms with van der Waals surface area (Å²) >= 11 is 0. The first-order chi connectivity index (χ1) is 10.1. The van der Waals surface area contributed by atoms with Gasteiger partial charge in [0.15, 0.2) is 0 Å². The van der Waals surface area contributed by atoms with E-state index in [-0.39, 0.29) is 36.5 Å². The fourth-order valence-electron chi connectivity index (χ4n) is 2.47. The highest BCUT2D eigenvalue weighted by Gasteiger charge is 2.41. The molecule has 21 heavy (non-hydrogen) atoms. The molecule has 0 radical (unpaired) electrons. The summed E-state index contributed by atoms with van der Waals surface area (Å²) in [6.45, 7) is 0.287. The molecule has 1 saturated heterocycles. The molecule has 2 aliphatic rings. The maximum Gasteiger partial charge on any atom is 0.514 e. The van der Waals surface area contributed by atoms with Crippen molar-refractivity contribution in [3.63, 3.8) is 0 Å². The topological polar surface area (TPSA) is 97.1 Å². The van der Waals surface area contributed by atoms with Crippen molar-refractivity contribution in [3.05, 3.63) is 34.4 Å². The number of fused-ring (bicyclic) bond motifs is 1. The van der Waals surface area contributed by atoms with Crippen LogP contribution in [0.3, 0.4) is 0 Å². The molecule has 0 bridgehead atoms. The molecule has 1 heterocycles. The number of carbonyl (C=O) groups is 1. The number of rotatable bonds is 3. The molecule has 8 heteroatoms. The largest absolute Gasteiger partial charge is 0.514 e. The van der Waals surface area contributed by atoms with Crippen LogP contribution >= 0.6 is 0 Å². The zero-order valence-electron chi connectivity index (χ0n) is 11.0. The molecule has 0 unspecified atom stereocenters. The Balaban J connectivity index is 1.51. The van der Waals surface area contributed by atoms with Crippen molar-refractivity contribution in [1.82, 2.24) is 0 Å². The summed E-state index contributed by atoms with van der Waals surface area (Å²) in [6.07, 6.45) is -0.0240. The Labute approximate surface area is 119 Å². The lowest BCUT2D eigenvalue weighted by Crippen LogP contribution is -2.20. The lowest BCUT2D eigenvalue weighted by Gasteiger charge is -2.12. The maximum absolute atomic E-state index is 11.6. The minimum atomic E-state index is -0.839. The number of hydrogen-bond donors (Lipinski definition) is 0. The van der Waals surface area contributed by atoms with Crippen LogP contribution in [0, 0.1) is 10.1 Å². The van der Waals surface area contributed by atoms with Gasteiger partial charge in [-0.1, -0.05) is 0 Å². The SMILES string of the molecule is O=C(Oc1ccc([N+](=O)[O-])cc1)O[C@H]1C[C@@H]2OCO[C@@H]2C1. The van der Waals surface area contributed by atoms with Crippen LogP contribution in [0.25, 0.3) is 0 Å². The summed E-state index contributed by atoms with van der Waals surface area (Å²) in [5.74, 6) is 0.191. The molecule has 3 atom stereocenters. The molecular weight excluding hydrogens is 282 g/mol. The third-order valence-electron chi connectivity index (χ3n) is 3.48. The van der Waals surface area contributed by atoms with E-state index in [1.54, 1.807) is 0 Å². The van der Waals surface area contributed by atoms with Crippen molar-refractivity contribution in [2.45, 2.75) is 31.2 Å². The van der Waals surface area contributed by atoms with E-state index in [1.807, 2.05) is 0 Å². The van der Waals surface area contributed by atoms with Gasteiger partial charge < -0.3 is 18.9 Å². The van der Waals surface area contributed by atoms with Crippen molar-refractivity contribution < 1.29 is 28.7 Å². The van der Waals surface area contributed by atoms with Gasteiger partial charge in [0.05, 0.1) is 17.1 Å². The minimum Gasteiger partial charge on any atom is -0.430 e. The zero-order chi connectivity index (χ0) is 14.8. The van der Waals surface area contributed by atoms with Crippen LogP contribution in [0.4, 0.5) is 10.5 Å². The van der Waals surface area contributed by atoms with E-state index < -0.39 is 11.1 Å². The van der Waals surface area contributed by atoms with E-state index in [4.69, 9.17) is 18.9 Å². The fourth-order valence-corrected chi connectivity index (χ4v) is 2.47. The molecule has 0 aromatic heterocycles. The van der Waals surface area contributed by atoms with Crippen molar-refractivity contribution in [3.8, 4) is 5.75 Å². The highest BCUT2D eigenvalue weighted by Crippen LogP contribution is 2.32. The lowest BCUT2D eigenvalue weighted by molar-refractivity contribution is -0.384. The number of hydrogen-bond acceptors (Lipinski definition) is 7. The van der Waals surface area contributed by atoms with Gasteiger partial charge >= 0.3 is 6.16 Å². The van der Waals surface area contributed by atoms with Gasteiger partial charge in [-0.05, 0) is 12.1 Å². The van der Waals surface area contributed by atoms with Crippen LogP contribution in [0.15, 0.2) is 24.3 Å². The van der Waals surface area contributed by atoms with Crippen molar-refractivity contribution in [2.75, 3.05) is 6.79 Å². The normalized spacial score (nSPS) is 27.1. The standard InChI is InChI=1S/C13H13NO7/c15-13(20-9-3-1-8(2-4-9)14(16)17)21-10-5-11-12(6-10)19-7-18-11/h1-4,10-12H,5-7H2/t10-,11-,12+. The van der Waals surface area contributed by atoms with Gasteiger partial charge in [-0.25, -0.2) is 4.79 Å². The minimum absolute atomic E-state index is 0.0258. The molecular formula is C13H13NO7. The summed E-state index contributed by atoms with van der Waals surface area (Å²) in [6, 6.07) is 5.19. The van der Waals surface area contributed by atoms with E-state index in [0.29, 0.717) is 12.8 Å². The predicted molar refractivity (Wildman–Crippen MR) is 67.8 cm³/mol. The van der Waals surface area contributed by atoms with E-state index >= 15 is 0 Å². The van der Waals surface area contributed by atoms with Crippen LogP contribution in [-0.4, -0.2) is 36.2 Å². The molecule has 112 valence electrons. The van der Waals surface area contributed by atoms with Gasteiger partial charge in [-0.15, -0.1) is 0 Å². The van der Waals surface area contributed by atoms with Gasteiger partial charge in [-0.3, -0.25) is 10.1 Å². The average molecular weight is 295 g/mol. The first kappa shape index (κ1) is 13.8. The lowest BCUT2D eigenvalue weighted by atomic mass is 10.3. The number of nitrogens with zero attached hydrogens (tertiary/aromatic N) is 1. The van der Waals surface area contributed by atoms with Crippen LogP contribution in [0.2, 0.25) is 0 Å². The van der Waals surface area contributed by atoms with Crippen LogP contribution in [-0.2, 0) is 14.2 Å². The molecule has 1 saturated carbocycles. The van der Waals surface area contributed by atoms with Gasteiger partial charge in [0.2, 0.25) is 0 Å². The summed E-state index contributed by atoms with van der Waals surface area (Å²) in [7, 11) is 0. The number of carbonyl (C=O) groups excluding carboxylic acids is 1. The second kappa shape index (κ2) is 5.66. The van der Waals surface area contributed by atoms with Crippen LogP contribution < -0.4 is 4.74 Å². The number of benzene rings is 1. The van der Waals surface area contributed by atoms with Crippen LogP contribution in [0.5, 0.6) is 5.75 Å². The third-order valence-corrected chi connectivity index (χ3v) is 3.48. The summed E-state index contributed by atoms with van der Waals surface area (Å²) in [5, 5.41) is 10.5. The number of ether oxygens (including phenoxy) is 4. The van der Waals surface area contributed by atoms with E-state index in [0.717, 1.165) is 0 Å². The molecule has 3 rings (SSSR count). The summed E-state index contributed by atoms with van der Waals surface area (Å²) in [4.78, 5) is 21.6. The fraction of sp³-hybridized carbons (Fsp3) is 0.462. The summed E-state index contributed by atoms with van der Waals surface area (Å²) < 4.78 is 20.8. The maximum atomic E-state index is 11.6. The van der Waals surface area contributed by atoms with E-state index in [1.165, 1.54) is 24.3 Å². The Morgan fingerprint density at radius 3 is 2.38 bits per heavy atom. The Kier molecular flexibility index (Phi) is 3.72. The summed E-state index contributed by atoms with van der Waals surface area (Å²) in [5.41, 5.74) is -0.0753. The zero-order valence-corrected chi connectivity index (χ0v) is 11.0. The van der Waals surface area contributed by atoms with Gasteiger partial charge in [0, 0.05) is 25.0 Å². The second-order valence-corrected chi connectivity index (χ2v) is 4.84. The van der Waals surface area contributed by atoms with Crippen molar-refractivity contribution in [2.24, 2.45) is 0 Å². The molecule has 2 fully saturated rings. The quantitative estimate of drug-likeness (QED) is 0.364. The molecule has 1 aliphatic heterocycles. The Morgan fingerprint density at radius 2 is 1.81 bits per heavy atom. The number of nitro groups is 1. The first-order valence-corrected chi connectivity index (χ1v) is 6.48. The monoisotopic (exact) mass is 295 g/mol. The number of nitro benzene ring substituents is 1. The number of non-ortho nitro benzene ring substituents is 1. The second-order valence-electron chi connectivity index (χ2n) is 4.84. The van der Waals surface area contributed by atoms with Crippen molar-refractivity contribution in [1.29, 1.82) is 0 Å². The Morgan fingerprint density at radius 1 is 1.19 bits per heavy atom.